The number of carbonyl (C=O) groups excluding carboxylic acids is 2. The Morgan fingerprint density at radius 3 is 2.61 bits per heavy atom. The lowest BCUT2D eigenvalue weighted by atomic mass is 10.00. The lowest BCUT2D eigenvalue weighted by Gasteiger charge is -2.22. The number of hydrogen-bond acceptors (Lipinski definition) is 6. The number of benzene rings is 2. The maximum Gasteiger partial charge on any atom is 0.273 e. The fraction of sp³-hybridized carbons (Fsp3) is 0.393. The molecule has 36 heavy (non-hydrogen) atoms. The molecule has 8 nitrogen and oxygen atoms in total. The molecule has 0 spiro atoms. The second-order valence-electron chi connectivity index (χ2n) is 9.41. The van der Waals surface area contributed by atoms with E-state index in [4.69, 9.17) is 15.7 Å². The van der Waals surface area contributed by atoms with Crippen LogP contribution in [-0.2, 0) is 9.63 Å². The van der Waals surface area contributed by atoms with Crippen molar-refractivity contribution in [1.82, 2.24) is 9.96 Å². The number of likely N-dealkylation sites (tertiary alicyclic amines) is 1. The Morgan fingerprint density at radius 1 is 1.19 bits per heavy atom. The van der Waals surface area contributed by atoms with Crippen molar-refractivity contribution in [2.75, 3.05) is 32.8 Å². The van der Waals surface area contributed by atoms with Crippen LogP contribution < -0.4 is 5.73 Å². The molecule has 190 valence electrons. The zero-order chi connectivity index (χ0) is 25.7. The first-order valence-corrected chi connectivity index (χ1v) is 12.5. The first-order chi connectivity index (χ1) is 17.4. The molecule has 0 saturated carbocycles. The normalized spacial score (nSPS) is 17.2. The van der Waals surface area contributed by atoms with Gasteiger partial charge in [0, 0.05) is 42.8 Å². The van der Waals surface area contributed by atoms with Gasteiger partial charge in [-0.1, -0.05) is 38.1 Å². The molecular formula is C28H34N4O4. The van der Waals surface area contributed by atoms with Gasteiger partial charge in [0.05, 0.1) is 18.9 Å². The second-order valence-corrected chi connectivity index (χ2v) is 9.41. The molecule has 1 saturated heterocycles. The highest BCUT2D eigenvalue weighted by Crippen LogP contribution is 2.32. The summed E-state index contributed by atoms with van der Waals surface area (Å²) in [6.45, 7) is 6.03. The number of amides is 2. The fourth-order valence-electron chi connectivity index (χ4n) is 4.55. The molecule has 0 unspecified atom stereocenters. The van der Waals surface area contributed by atoms with Crippen LogP contribution in [-0.4, -0.2) is 65.6 Å². The third-order valence-electron chi connectivity index (χ3n) is 6.44. The average Bonchev–Trinajstić information content (AvgIpc) is 3.24. The van der Waals surface area contributed by atoms with Gasteiger partial charge in [0.1, 0.15) is 5.84 Å². The van der Waals surface area contributed by atoms with E-state index in [0.29, 0.717) is 35.1 Å². The summed E-state index contributed by atoms with van der Waals surface area (Å²) in [6.07, 6.45) is 3.78. The molecule has 2 aliphatic heterocycles. The number of nitrogens with zero attached hydrogens (tertiary/aromatic N) is 3. The SMILES string of the molecule is CCCN(OCCO)C(=O)C1=Cc2ccc(-c3ccc(C(=O)N4CC[C@@H](C)C4)cc3)cc2N=C(N)C1. The number of carbonyl (C=O) groups is 2. The van der Waals surface area contributed by atoms with E-state index in [0.717, 1.165) is 42.6 Å². The molecule has 0 aliphatic carbocycles. The van der Waals surface area contributed by atoms with Gasteiger partial charge in [0.2, 0.25) is 0 Å². The Hall–Kier alpha value is -3.49. The monoisotopic (exact) mass is 490 g/mol. The molecule has 2 heterocycles. The van der Waals surface area contributed by atoms with Gasteiger partial charge < -0.3 is 15.7 Å². The summed E-state index contributed by atoms with van der Waals surface area (Å²) >= 11 is 0. The lowest BCUT2D eigenvalue weighted by Crippen LogP contribution is -2.35. The van der Waals surface area contributed by atoms with Crippen molar-refractivity contribution in [2.45, 2.75) is 33.1 Å². The number of hydroxylamine groups is 2. The third-order valence-corrected chi connectivity index (χ3v) is 6.44. The highest BCUT2D eigenvalue weighted by Gasteiger charge is 2.24. The van der Waals surface area contributed by atoms with Crippen LogP contribution >= 0.6 is 0 Å². The van der Waals surface area contributed by atoms with Crippen LogP contribution in [0.1, 0.15) is 49.0 Å². The Bertz CT molecular complexity index is 1170. The summed E-state index contributed by atoms with van der Waals surface area (Å²) in [7, 11) is 0. The molecule has 4 rings (SSSR count). The smallest absolute Gasteiger partial charge is 0.273 e. The van der Waals surface area contributed by atoms with Crippen molar-refractivity contribution < 1.29 is 19.5 Å². The summed E-state index contributed by atoms with van der Waals surface area (Å²) in [6, 6.07) is 13.5. The van der Waals surface area contributed by atoms with Crippen molar-refractivity contribution in [3.8, 4) is 11.1 Å². The molecule has 8 heteroatoms. The summed E-state index contributed by atoms with van der Waals surface area (Å²) in [5.74, 6) is 0.680. The second kappa shape index (κ2) is 11.5. The van der Waals surface area contributed by atoms with E-state index in [9.17, 15) is 9.59 Å². The van der Waals surface area contributed by atoms with Crippen LogP contribution in [0, 0.1) is 5.92 Å². The molecule has 3 N–H and O–H groups in total. The molecule has 2 aromatic carbocycles. The quantitative estimate of drug-likeness (QED) is 0.548. The van der Waals surface area contributed by atoms with Crippen molar-refractivity contribution in [3.05, 3.63) is 59.2 Å². The number of aliphatic hydroxyl groups excluding tert-OH is 1. The summed E-state index contributed by atoms with van der Waals surface area (Å²) in [4.78, 5) is 37.8. The van der Waals surface area contributed by atoms with Gasteiger partial charge in [-0.3, -0.25) is 14.4 Å². The molecule has 1 atom stereocenters. The summed E-state index contributed by atoms with van der Waals surface area (Å²) < 4.78 is 0. The number of aliphatic hydroxyl groups is 1. The molecule has 2 aliphatic rings. The number of fused-ring (bicyclic) bond motifs is 1. The van der Waals surface area contributed by atoms with Gasteiger partial charge in [-0.25, -0.2) is 10.1 Å². The zero-order valence-electron chi connectivity index (χ0n) is 20.9. The van der Waals surface area contributed by atoms with Crippen LogP contribution in [0.15, 0.2) is 53.0 Å². The van der Waals surface area contributed by atoms with Crippen LogP contribution in [0.2, 0.25) is 0 Å². The van der Waals surface area contributed by atoms with Crippen LogP contribution in [0.3, 0.4) is 0 Å². The Morgan fingerprint density at radius 2 is 1.94 bits per heavy atom. The molecule has 0 aromatic heterocycles. The van der Waals surface area contributed by atoms with Gasteiger partial charge in [-0.15, -0.1) is 0 Å². The Balaban J connectivity index is 1.56. The summed E-state index contributed by atoms with van der Waals surface area (Å²) in [5, 5.41) is 10.4. The highest BCUT2D eigenvalue weighted by atomic mass is 16.7. The van der Waals surface area contributed by atoms with Crippen LogP contribution in [0.25, 0.3) is 17.2 Å². The van der Waals surface area contributed by atoms with E-state index in [1.165, 1.54) is 5.06 Å². The minimum absolute atomic E-state index is 0.0457. The van der Waals surface area contributed by atoms with Gasteiger partial charge in [0.25, 0.3) is 11.8 Å². The molecular weight excluding hydrogens is 456 g/mol. The standard InChI is InChI=1S/C28H34N4O4/c1-3-11-32(36-14-13-33)28(35)24-15-23-9-8-22(16-25(23)30-26(29)17-24)20-4-6-21(7-5-20)27(34)31-12-10-19(2)18-31/h4-9,15-16,19,33H,3,10-14,17-18H2,1-2H3,(H2,29,30)/t19-/m1/s1. The van der Waals surface area contributed by atoms with Crippen molar-refractivity contribution in [1.29, 1.82) is 0 Å². The first kappa shape index (κ1) is 25.6. The largest absolute Gasteiger partial charge is 0.394 e. The van der Waals surface area contributed by atoms with Crippen LogP contribution in [0.5, 0.6) is 0 Å². The number of rotatable bonds is 8. The first-order valence-electron chi connectivity index (χ1n) is 12.5. The van der Waals surface area contributed by atoms with E-state index in [1.54, 1.807) is 6.08 Å². The van der Waals surface area contributed by atoms with E-state index in [2.05, 4.69) is 11.9 Å². The molecule has 2 aromatic rings. The van der Waals surface area contributed by atoms with Gasteiger partial charge in [0.15, 0.2) is 0 Å². The Labute approximate surface area is 212 Å². The van der Waals surface area contributed by atoms with Gasteiger partial charge in [-0.2, -0.15) is 0 Å². The summed E-state index contributed by atoms with van der Waals surface area (Å²) in [5.41, 5.74) is 10.7. The lowest BCUT2D eigenvalue weighted by molar-refractivity contribution is -0.185. The predicted octanol–water partition coefficient (Wildman–Crippen LogP) is 3.77. The van der Waals surface area contributed by atoms with E-state index in [1.807, 2.05) is 54.3 Å². The minimum atomic E-state index is -0.284. The molecule has 0 bridgehead atoms. The van der Waals surface area contributed by atoms with E-state index < -0.39 is 0 Å². The Kier molecular flexibility index (Phi) is 8.18. The third kappa shape index (κ3) is 5.83. The van der Waals surface area contributed by atoms with Crippen molar-refractivity contribution >= 4 is 29.4 Å². The van der Waals surface area contributed by atoms with Crippen LogP contribution in [0.4, 0.5) is 5.69 Å². The zero-order valence-corrected chi connectivity index (χ0v) is 20.9. The predicted molar refractivity (Wildman–Crippen MR) is 140 cm³/mol. The molecule has 2 amide bonds. The minimum Gasteiger partial charge on any atom is -0.394 e. The van der Waals surface area contributed by atoms with Crippen molar-refractivity contribution in [3.63, 3.8) is 0 Å². The van der Waals surface area contributed by atoms with Gasteiger partial charge >= 0.3 is 0 Å². The number of hydrogen-bond donors (Lipinski definition) is 2. The number of amidine groups is 1. The van der Waals surface area contributed by atoms with E-state index in [-0.39, 0.29) is 31.4 Å². The topological polar surface area (TPSA) is 108 Å². The fourth-order valence-corrected chi connectivity index (χ4v) is 4.55. The van der Waals surface area contributed by atoms with Crippen molar-refractivity contribution in [2.24, 2.45) is 16.6 Å². The maximum absolute atomic E-state index is 13.1. The number of aliphatic imine (C=N–C) groups is 1. The number of nitrogens with two attached hydrogens (primary N) is 1. The maximum atomic E-state index is 13.1. The average molecular weight is 491 g/mol. The van der Waals surface area contributed by atoms with E-state index >= 15 is 0 Å². The van der Waals surface area contributed by atoms with Gasteiger partial charge in [-0.05, 0) is 54.2 Å². The molecule has 0 radical (unpaired) electrons. The molecule has 1 fully saturated rings. The highest BCUT2D eigenvalue weighted by molar-refractivity contribution is 6.05.